The van der Waals surface area contributed by atoms with Gasteiger partial charge in [0.2, 0.25) is 0 Å². The molecule has 0 aliphatic carbocycles. The second-order valence-corrected chi connectivity index (χ2v) is 4.69. The van der Waals surface area contributed by atoms with Gasteiger partial charge in [0.1, 0.15) is 11.5 Å². The fourth-order valence-electron chi connectivity index (χ4n) is 2.45. The van der Waals surface area contributed by atoms with E-state index in [1.54, 1.807) is 32.9 Å². The van der Waals surface area contributed by atoms with Crippen LogP contribution >= 0.6 is 0 Å². The number of furan rings is 1. The first-order valence-electron chi connectivity index (χ1n) is 6.04. The fraction of sp³-hybridized carbons (Fsp3) is 0.286. The molecule has 3 N–H and O–H groups in total. The topological polar surface area (TPSA) is 99.8 Å². The summed E-state index contributed by atoms with van der Waals surface area (Å²) >= 11 is 0. The van der Waals surface area contributed by atoms with Crippen molar-refractivity contribution in [3.63, 3.8) is 0 Å². The first kappa shape index (κ1) is 13.9. The van der Waals surface area contributed by atoms with Crippen molar-refractivity contribution in [1.82, 2.24) is 5.32 Å². The van der Waals surface area contributed by atoms with E-state index in [9.17, 15) is 19.8 Å². The van der Waals surface area contributed by atoms with Crippen LogP contribution in [-0.4, -0.2) is 22.2 Å². The zero-order chi connectivity index (χ0) is 15.0. The number of dihydropyridines is 1. The number of allylic oxidation sites excluding steroid dienone is 2. The van der Waals surface area contributed by atoms with Gasteiger partial charge < -0.3 is 19.9 Å². The third-order valence-electron chi connectivity index (χ3n) is 3.27. The molecule has 6 heteroatoms. The van der Waals surface area contributed by atoms with E-state index >= 15 is 0 Å². The number of hydrogen-bond donors (Lipinski definition) is 3. The van der Waals surface area contributed by atoms with Crippen LogP contribution in [-0.2, 0) is 9.59 Å². The van der Waals surface area contributed by atoms with Gasteiger partial charge in [0.05, 0.1) is 17.1 Å². The summed E-state index contributed by atoms with van der Waals surface area (Å²) in [6.45, 7) is 4.93. The van der Waals surface area contributed by atoms with Gasteiger partial charge in [-0.2, -0.15) is 0 Å². The van der Waals surface area contributed by atoms with Crippen LogP contribution < -0.4 is 5.32 Å². The fourth-order valence-corrected chi connectivity index (χ4v) is 2.45. The zero-order valence-corrected chi connectivity index (χ0v) is 11.4. The van der Waals surface area contributed by atoms with Crippen molar-refractivity contribution in [3.05, 3.63) is 46.2 Å². The zero-order valence-electron chi connectivity index (χ0n) is 11.4. The minimum atomic E-state index is -1.17. The molecule has 0 fully saturated rings. The lowest BCUT2D eigenvalue weighted by Gasteiger charge is -2.27. The third kappa shape index (κ3) is 2.20. The van der Waals surface area contributed by atoms with Gasteiger partial charge in [-0.3, -0.25) is 0 Å². The molecule has 0 unspecified atom stereocenters. The number of aryl methyl sites for hydroxylation is 1. The minimum absolute atomic E-state index is 0.0117. The van der Waals surface area contributed by atoms with Crippen LogP contribution in [0.4, 0.5) is 0 Å². The first-order valence-corrected chi connectivity index (χ1v) is 6.04. The van der Waals surface area contributed by atoms with Crippen molar-refractivity contribution in [1.29, 1.82) is 0 Å². The lowest BCUT2D eigenvalue weighted by Crippen LogP contribution is -2.30. The molecule has 20 heavy (non-hydrogen) atoms. The van der Waals surface area contributed by atoms with E-state index in [-0.39, 0.29) is 11.1 Å². The third-order valence-corrected chi connectivity index (χ3v) is 3.27. The van der Waals surface area contributed by atoms with Gasteiger partial charge in [-0.1, -0.05) is 0 Å². The SMILES string of the molecule is CC1=C(C(=O)O)C(c2ccc(C)o2)C(C(=O)O)=C(C)N1. The molecule has 2 heterocycles. The van der Waals surface area contributed by atoms with Crippen molar-refractivity contribution in [3.8, 4) is 0 Å². The van der Waals surface area contributed by atoms with E-state index < -0.39 is 17.9 Å². The molecule has 0 amide bonds. The molecule has 1 aromatic heterocycles. The number of carboxylic acid groups (broad SMARTS) is 2. The average Bonchev–Trinajstić information content (AvgIpc) is 2.73. The molecule has 1 aromatic rings. The Morgan fingerprint density at radius 3 is 1.90 bits per heavy atom. The molecule has 0 atom stereocenters. The summed E-state index contributed by atoms with van der Waals surface area (Å²) in [4.78, 5) is 23.0. The average molecular weight is 277 g/mol. The molecule has 1 aliphatic rings. The second kappa shape index (κ2) is 4.88. The number of carbonyl (C=O) groups is 2. The maximum absolute atomic E-state index is 11.5. The van der Waals surface area contributed by atoms with Crippen LogP contribution in [0, 0.1) is 6.92 Å². The molecule has 6 nitrogen and oxygen atoms in total. The summed E-state index contributed by atoms with van der Waals surface area (Å²) in [6.07, 6.45) is 0. The van der Waals surface area contributed by atoms with E-state index in [1.807, 2.05) is 0 Å². The molecule has 106 valence electrons. The number of carboxylic acids is 2. The van der Waals surface area contributed by atoms with Gasteiger partial charge in [0.15, 0.2) is 0 Å². The Morgan fingerprint density at radius 1 is 1.05 bits per heavy atom. The van der Waals surface area contributed by atoms with E-state index in [0.29, 0.717) is 22.9 Å². The summed E-state index contributed by atoms with van der Waals surface area (Å²) < 4.78 is 5.46. The predicted octanol–water partition coefficient (Wildman–Crippen LogP) is 1.99. The summed E-state index contributed by atoms with van der Waals surface area (Å²) in [5.74, 6) is -2.33. The normalized spacial score (nSPS) is 16.4. The van der Waals surface area contributed by atoms with Gasteiger partial charge in [0.25, 0.3) is 0 Å². The van der Waals surface area contributed by atoms with Crippen molar-refractivity contribution < 1.29 is 24.2 Å². The highest BCUT2D eigenvalue weighted by Gasteiger charge is 2.38. The quantitative estimate of drug-likeness (QED) is 0.781. The molecule has 2 rings (SSSR count). The largest absolute Gasteiger partial charge is 0.478 e. The van der Waals surface area contributed by atoms with Gasteiger partial charge in [-0.15, -0.1) is 0 Å². The van der Waals surface area contributed by atoms with E-state index in [1.165, 1.54) is 0 Å². The van der Waals surface area contributed by atoms with Crippen LogP contribution in [0.3, 0.4) is 0 Å². The Bertz CT molecular complexity index is 614. The van der Waals surface area contributed by atoms with Gasteiger partial charge in [0, 0.05) is 11.4 Å². The lowest BCUT2D eigenvalue weighted by atomic mass is 9.84. The van der Waals surface area contributed by atoms with Crippen molar-refractivity contribution in [2.45, 2.75) is 26.7 Å². The maximum atomic E-state index is 11.5. The first-order chi connectivity index (χ1) is 9.32. The Balaban J connectivity index is 2.67. The van der Waals surface area contributed by atoms with E-state index in [4.69, 9.17) is 4.42 Å². The molecular formula is C14H15NO5. The number of aliphatic carboxylic acids is 2. The highest BCUT2D eigenvalue weighted by Crippen LogP contribution is 2.38. The van der Waals surface area contributed by atoms with Crippen LogP contribution in [0.1, 0.15) is 31.3 Å². The van der Waals surface area contributed by atoms with Crippen LogP contribution in [0.2, 0.25) is 0 Å². The maximum Gasteiger partial charge on any atom is 0.334 e. The highest BCUT2D eigenvalue weighted by atomic mass is 16.4. The monoisotopic (exact) mass is 277 g/mol. The number of nitrogens with one attached hydrogen (secondary N) is 1. The van der Waals surface area contributed by atoms with Crippen molar-refractivity contribution >= 4 is 11.9 Å². The molecular weight excluding hydrogens is 262 g/mol. The standard InChI is InChI=1S/C14H15NO5/c1-6-4-5-9(20-6)12-10(13(16)17)7(2)15-8(3)11(12)14(18)19/h4-5,12,15H,1-3H3,(H,16,17)(H,18,19). The number of rotatable bonds is 3. The van der Waals surface area contributed by atoms with Gasteiger partial charge >= 0.3 is 11.9 Å². The van der Waals surface area contributed by atoms with Gasteiger partial charge in [-0.05, 0) is 32.9 Å². The lowest BCUT2D eigenvalue weighted by molar-refractivity contribution is -0.133. The summed E-state index contributed by atoms with van der Waals surface area (Å²) in [5.41, 5.74) is 0.808. The van der Waals surface area contributed by atoms with E-state index in [2.05, 4.69) is 5.32 Å². The molecule has 0 saturated carbocycles. The summed E-state index contributed by atoms with van der Waals surface area (Å²) in [5, 5.41) is 21.6. The highest BCUT2D eigenvalue weighted by molar-refractivity contribution is 5.98. The molecule has 0 spiro atoms. The predicted molar refractivity (Wildman–Crippen MR) is 70.0 cm³/mol. The Hall–Kier alpha value is -2.50. The smallest absolute Gasteiger partial charge is 0.334 e. The molecule has 0 saturated heterocycles. The summed E-state index contributed by atoms with van der Waals surface area (Å²) in [6, 6.07) is 3.29. The van der Waals surface area contributed by atoms with Crippen LogP contribution in [0.25, 0.3) is 0 Å². The van der Waals surface area contributed by atoms with Crippen LogP contribution in [0.5, 0.6) is 0 Å². The molecule has 0 bridgehead atoms. The summed E-state index contributed by atoms with van der Waals surface area (Å²) in [7, 11) is 0. The van der Waals surface area contributed by atoms with Crippen molar-refractivity contribution in [2.24, 2.45) is 0 Å². The Morgan fingerprint density at radius 2 is 1.55 bits per heavy atom. The van der Waals surface area contributed by atoms with Gasteiger partial charge in [-0.25, -0.2) is 9.59 Å². The minimum Gasteiger partial charge on any atom is -0.478 e. The molecule has 1 aliphatic heterocycles. The Kier molecular flexibility index (Phi) is 3.40. The van der Waals surface area contributed by atoms with Crippen molar-refractivity contribution in [2.75, 3.05) is 0 Å². The van der Waals surface area contributed by atoms with Crippen LogP contribution in [0.15, 0.2) is 39.1 Å². The molecule has 0 aromatic carbocycles. The molecule has 0 radical (unpaired) electrons. The Labute approximate surface area is 115 Å². The number of hydrogen-bond acceptors (Lipinski definition) is 4. The second-order valence-electron chi connectivity index (χ2n) is 4.69. The van der Waals surface area contributed by atoms with E-state index in [0.717, 1.165) is 0 Å².